The SMILES string of the molecule is C=Cc1ccc2ncn(-c3ccc4c(c3)N(C(=O)O)CC4)c2n1. The van der Waals surface area contributed by atoms with E-state index in [0.717, 1.165) is 40.2 Å². The van der Waals surface area contributed by atoms with Gasteiger partial charge < -0.3 is 5.11 Å². The van der Waals surface area contributed by atoms with Gasteiger partial charge in [0.25, 0.3) is 0 Å². The fourth-order valence-electron chi connectivity index (χ4n) is 2.93. The molecule has 23 heavy (non-hydrogen) atoms. The second-order valence-corrected chi connectivity index (χ2v) is 5.39. The van der Waals surface area contributed by atoms with E-state index in [4.69, 9.17) is 0 Å². The Bertz CT molecular complexity index is 945. The first-order valence-corrected chi connectivity index (χ1v) is 7.27. The fourth-order valence-corrected chi connectivity index (χ4v) is 2.93. The van der Waals surface area contributed by atoms with Crippen LogP contribution in [0, 0.1) is 0 Å². The van der Waals surface area contributed by atoms with Crippen molar-refractivity contribution in [3.63, 3.8) is 0 Å². The van der Waals surface area contributed by atoms with Crippen molar-refractivity contribution >= 4 is 29.0 Å². The van der Waals surface area contributed by atoms with Crippen LogP contribution in [0.3, 0.4) is 0 Å². The number of aromatic nitrogens is 3. The molecule has 2 aromatic heterocycles. The number of anilines is 1. The van der Waals surface area contributed by atoms with Gasteiger partial charge in [0.05, 0.1) is 17.1 Å². The zero-order valence-electron chi connectivity index (χ0n) is 12.3. The Balaban J connectivity index is 1.87. The highest BCUT2D eigenvalue weighted by Crippen LogP contribution is 2.31. The zero-order valence-corrected chi connectivity index (χ0v) is 12.3. The smallest absolute Gasteiger partial charge is 0.411 e. The lowest BCUT2D eigenvalue weighted by atomic mass is 10.1. The van der Waals surface area contributed by atoms with Crippen LogP contribution >= 0.6 is 0 Å². The van der Waals surface area contributed by atoms with Gasteiger partial charge >= 0.3 is 6.09 Å². The Kier molecular flexibility index (Phi) is 2.90. The standard InChI is InChI=1S/C17H14N4O2/c1-2-12-4-6-14-16(19-12)21(10-18-14)13-5-3-11-7-8-20(17(22)23)15(11)9-13/h2-6,9-10H,1,7-8H2,(H,22,23). The highest BCUT2D eigenvalue weighted by Gasteiger charge is 2.24. The molecule has 6 nitrogen and oxygen atoms in total. The van der Waals surface area contributed by atoms with Gasteiger partial charge in [0, 0.05) is 6.54 Å². The molecule has 3 heterocycles. The Morgan fingerprint density at radius 1 is 1.30 bits per heavy atom. The third-order valence-electron chi connectivity index (χ3n) is 4.10. The van der Waals surface area contributed by atoms with Gasteiger partial charge in [0.2, 0.25) is 0 Å². The molecule has 0 bridgehead atoms. The molecule has 0 fully saturated rings. The molecule has 0 radical (unpaired) electrons. The molecule has 1 aromatic carbocycles. The monoisotopic (exact) mass is 306 g/mol. The van der Waals surface area contributed by atoms with Crippen LogP contribution in [0.25, 0.3) is 22.9 Å². The first-order chi connectivity index (χ1) is 11.2. The van der Waals surface area contributed by atoms with Gasteiger partial charge in [-0.1, -0.05) is 12.6 Å². The number of imidazole rings is 1. The van der Waals surface area contributed by atoms with Crippen molar-refractivity contribution in [3.8, 4) is 5.69 Å². The Morgan fingerprint density at radius 3 is 2.96 bits per heavy atom. The number of carboxylic acid groups (broad SMARTS) is 1. The molecule has 0 aliphatic carbocycles. The van der Waals surface area contributed by atoms with Crippen molar-refractivity contribution in [2.24, 2.45) is 0 Å². The second-order valence-electron chi connectivity index (χ2n) is 5.39. The number of benzene rings is 1. The van der Waals surface area contributed by atoms with Crippen LogP contribution in [0.4, 0.5) is 10.5 Å². The second kappa shape index (κ2) is 4.95. The van der Waals surface area contributed by atoms with E-state index in [1.54, 1.807) is 12.4 Å². The van der Waals surface area contributed by atoms with E-state index in [0.29, 0.717) is 6.54 Å². The molecule has 6 heteroatoms. The van der Waals surface area contributed by atoms with Gasteiger partial charge in [-0.25, -0.2) is 14.8 Å². The summed E-state index contributed by atoms with van der Waals surface area (Å²) in [5.41, 5.74) is 4.89. The van der Waals surface area contributed by atoms with Gasteiger partial charge in [-0.05, 0) is 42.3 Å². The molecule has 1 aliphatic rings. The lowest BCUT2D eigenvalue weighted by Gasteiger charge is -2.14. The summed E-state index contributed by atoms with van der Waals surface area (Å²) in [7, 11) is 0. The van der Waals surface area contributed by atoms with Gasteiger partial charge in [-0.3, -0.25) is 9.47 Å². The first kappa shape index (κ1) is 13.5. The molecule has 0 unspecified atom stereocenters. The third-order valence-corrected chi connectivity index (χ3v) is 4.10. The Morgan fingerprint density at radius 2 is 2.17 bits per heavy atom. The normalized spacial score (nSPS) is 13.3. The summed E-state index contributed by atoms with van der Waals surface area (Å²) >= 11 is 0. The van der Waals surface area contributed by atoms with E-state index in [1.807, 2.05) is 34.9 Å². The Labute approximate surface area is 132 Å². The minimum atomic E-state index is -0.927. The summed E-state index contributed by atoms with van der Waals surface area (Å²) in [6.07, 6.45) is 3.20. The van der Waals surface area contributed by atoms with Crippen LogP contribution in [0.2, 0.25) is 0 Å². The number of hydrogen-bond donors (Lipinski definition) is 1. The van der Waals surface area contributed by atoms with Crippen LogP contribution in [-0.4, -0.2) is 32.3 Å². The van der Waals surface area contributed by atoms with Gasteiger partial charge in [0.15, 0.2) is 5.65 Å². The number of fused-ring (bicyclic) bond motifs is 2. The van der Waals surface area contributed by atoms with Crippen molar-refractivity contribution in [2.75, 3.05) is 11.4 Å². The lowest BCUT2D eigenvalue weighted by molar-refractivity contribution is 0.202. The van der Waals surface area contributed by atoms with Gasteiger partial charge in [-0.15, -0.1) is 0 Å². The average molecular weight is 306 g/mol. The molecule has 0 atom stereocenters. The molecule has 0 saturated carbocycles. The van der Waals surface area contributed by atoms with Crippen LogP contribution < -0.4 is 4.90 Å². The van der Waals surface area contributed by atoms with Gasteiger partial charge in [0.1, 0.15) is 11.8 Å². The number of hydrogen-bond acceptors (Lipinski definition) is 3. The number of rotatable bonds is 2. The first-order valence-electron chi connectivity index (χ1n) is 7.27. The number of nitrogens with zero attached hydrogens (tertiary/aromatic N) is 4. The van der Waals surface area contributed by atoms with Crippen LogP contribution in [0.5, 0.6) is 0 Å². The van der Waals surface area contributed by atoms with Crippen molar-refractivity contribution < 1.29 is 9.90 Å². The minimum absolute atomic E-state index is 0.498. The summed E-state index contributed by atoms with van der Waals surface area (Å²) in [5, 5.41) is 9.30. The molecule has 4 rings (SSSR count). The average Bonchev–Trinajstić information content (AvgIpc) is 3.17. The molecular weight excluding hydrogens is 292 g/mol. The highest BCUT2D eigenvalue weighted by molar-refractivity contribution is 5.89. The van der Waals surface area contributed by atoms with Crippen LogP contribution in [-0.2, 0) is 6.42 Å². The summed E-state index contributed by atoms with van der Waals surface area (Å²) < 4.78 is 1.86. The van der Waals surface area contributed by atoms with Crippen LogP contribution in [0.1, 0.15) is 11.3 Å². The summed E-state index contributed by atoms with van der Waals surface area (Å²) in [4.78, 5) is 21.6. The summed E-state index contributed by atoms with van der Waals surface area (Å²) in [6, 6.07) is 9.57. The predicted molar refractivity (Wildman–Crippen MR) is 88.0 cm³/mol. The molecule has 0 saturated heterocycles. The molecular formula is C17H14N4O2. The van der Waals surface area contributed by atoms with Crippen LogP contribution in [0.15, 0.2) is 43.2 Å². The highest BCUT2D eigenvalue weighted by atomic mass is 16.4. The number of carbonyl (C=O) groups is 1. The van der Waals surface area contributed by atoms with Crippen molar-refractivity contribution in [2.45, 2.75) is 6.42 Å². The van der Waals surface area contributed by atoms with Gasteiger partial charge in [-0.2, -0.15) is 0 Å². The summed E-state index contributed by atoms with van der Waals surface area (Å²) in [6.45, 7) is 4.23. The third kappa shape index (κ3) is 2.07. The molecule has 1 N–H and O–H groups in total. The maximum atomic E-state index is 11.3. The van der Waals surface area contributed by atoms with E-state index in [2.05, 4.69) is 16.5 Å². The fraction of sp³-hybridized carbons (Fsp3) is 0.118. The Hall–Kier alpha value is -3.15. The van der Waals surface area contributed by atoms with Crippen molar-refractivity contribution in [1.29, 1.82) is 0 Å². The van der Waals surface area contributed by atoms with Crippen molar-refractivity contribution in [1.82, 2.24) is 14.5 Å². The lowest BCUT2D eigenvalue weighted by Crippen LogP contribution is -2.26. The molecule has 0 spiro atoms. The number of amides is 1. The maximum absolute atomic E-state index is 11.3. The molecule has 1 amide bonds. The van der Waals surface area contributed by atoms with E-state index in [1.165, 1.54) is 4.90 Å². The van der Waals surface area contributed by atoms with E-state index in [-0.39, 0.29) is 0 Å². The summed E-state index contributed by atoms with van der Waals surface area (Å²) in [5.74, 6) is 0. The zero-order chi connectivity index (χ0) is 16.0. The molecule has 1 aliphatic heterocycles. The largest absolute Gasteiger partial charge is 0.465 e. The van der Waals surface area contributed by atoms with E-state index >= 15 is 0 Å². The van der Waals surface area contributed by atoms with Crippen molar-refractivity contribution in [3.05, 3.63) is 54.5 Å². The quantitative estimate of drug-likeness (QED) is 0.789. The topological polar surface area (TPSA) is 71.2 Å². The predicted octanol–water partition coefficient (Wildman–Crippen LogP) is 3.10. The molecule has 3 aromatic rings. The van der Waals surface area contributed by atoms with E-state index in [9.17, 15) is 9.90 Å². The maximum Gasteiger partial charge on any atom is 0.411 e. The van der Waals surface area contributed by atoms with E-state index < -0.39 is 6.09 Å². The minimum Gasteiger partial charge on any atom is -0.465 e. The number of pyridine rings is 1. The molecule has 114 valence electrons.